The third-order valence-electron chi connectivity index (χ3n) is 9.73. The molecule has 1 aliphatic heterocycles. The number of aliphatic carboxylic acids is 1. The van der Waals surface area contributed by atoms with Gasteiger partial charge in [0.25, 0.3) is 5.91 Å². The van der Waals surface area contributed by atoms with E-state index in [0.717, 1.165) is 11.6 Å². The number of benzene rings is 2. The first-order chi connectivity index (χ1) is 19.1. The lowest BCUT2D eigenvalue weighted by molar-refractivity contribution is -0.228. The molecule has 1 N–H and O–H groups in total. The van der Waals surface area contributed by atoms with Crippen LogP contribution in [0.1, 0.15) is 73.3 Å². The summed E-state index contributed by atoms with van der Waals surface area (Å²) in [4.78, 5) is 26.6. The number of halogens is 6. The molecule has 0 bridgehead atoms. The molecule has 2 aliphatic carbocycles. The van der Waals surface area contributed by atoms with Gasteiger partial charge in [0, 0.05) is 18.0 Å². The number of nitrogens with zero attached hydrogens (tertiary/aromatic N) is 1. The van der Waals surface area contributed by atoms with Crippen molar-refractivity contribution < 1.29 is 41.0 Å². The summed E-state index contributed by atoms with van der Waals surface area (Å²) >= 11 is 0. The van der Waals surface area contributed by atoms with Crippen molar-refractivity contribution in [1.82, 2.24) is 4.90 Å². The Hall–Kier alpha value is -3.04. The first-order valence-corrected chi connectivity index (χ1v) is 14.0. The number of carbonyl (C=O) groups is 2. The van der Waals surface area contributed by atoms with Crippen molar-refractivity contribution in [3.63, 3.8) is 0 Å². The van der Waals surface area contributed by atoms with Crippen LogP contribution in [0.2, 0.25) is 0 Å². The van der Waals surface area contributed by atoms with Gasteiger partial charge in [-0.15, -0.1) is 0 Å². The van der Waals surface area contributed by atoms with E-state index in [1.165, 1.54) is 23.1 Å². The van der Waals surface area contributed by atoms with Gasteiger partial charge in [-0.3, -0.25) is 9.59 Å². The molecule has 1 heterocycles. The maximum atomic E-state index is 16.1. The molecule has 0 aromatic heterocycles. The molecular weight excluding hydrogens is 548 g/mol. The highest BCUT2D eigenvalue weighted by Gasteiger charge is 2.57. The Kier molecular flexibility index (Phi) is 7.22. The van der Waals surface area contributed by atoms with E-state index in [9.17, 15) is 36.6 Å². The normalized spacial score (nSPS) is 29.4. The minimum atomic E-state index is -5.10. The van der Waals surface area contributed by atoms with Crippen LogP contribution in [0.15, 0.2) is 36.4 Å². The van der Waals surface area contributed by atoms with Gasteiger partial charge in [-0.05, 0) is 99.1 Å². The molecule has 4 nitrogen and oxygen atoms in total. The molecule has 2 fully saturated rings. The quantitative estimate of drug-likeness (QED) is 0.391. The van der Waals surface area contributed by atoms with Crippen LogP contribution in [0.4, 0.5) is 26.3 Å². The summed E-state index contributed by atoms with van der Waals surface area (Å²) in [5, 5.41) is 9.30. The van der Waals surface area contributed by atoms with Crippen LogP contribution < -0.4 is 0 Å². The number of carboxylic acids is 1. The van der Waals surface area contributed by atoms with Crippen LogP contribution >= 0.6 is 0 Å². The molecule has 3 aliphatic rings. The summed E-state index contributed by atoms with van der Waals surface area (Å²) in [6.45, 7) is 2.33. The van der Waals surface area contributed by atoms with Crippen LogP contribution in [0.3, 0.4) is 0 Å². The molecule has 0 radical (unpaired) electrons. The van der Waals surface area contributed by atoms with Gasteiger partial charge in [0.2, 0.25) is 5.67 Å². The van der Waals surface area contributed by atoms with Crippen molar-refractivity contribution in [2.75, 3.05) is 6.54 Å². The summed E-state index contributed by atoms with van der Waals surface area (Å²) in [5.41, 5.74) is -4.61. The van der Waals surface area contributed by atoms with E-state index < -0.39 is 52.3 Å². The largest absolute Gasteiger partial charge is 0.481 e. The number of carbonyl (C=O) groups excluding carboxylic acids is 1. The van der Waals surface area contributed by atoms with Crippen molar-refractivity contribution >= 4 is 11.9 Å². The van der Waals surface area contributed by atoms with E-state index in [2.05, 4.69) is 0 Å². The zero-order valence-corrected chi connectivity index (χ0v) is 23.0. The van der Waals surface area contributed by atoms with E-state index in [1.807, 2.05) is 0 Å². The van der Waals surface area contributed by atoms with Crippen molar-refractivity contribution in [1.29, 1.82) is 0 Å². The highest BCUT2D eigenvalue weighted by molar-refractivity contribution is 5.86. The number of alkyl halides is 5. The van der Waals surface area contributed by atoms with Gasteiger partial charge in [-0.1, -0.05) is 30.3 Å². The second-order valence-electron chi connectivity index (χ2n) is 12.2. The molecule has 222 valence electrons. The Morgan fingerprint density at radius 3 is 2.32 bits per heavy atom. The maximum Gasteiger partial charge on any atom is 0.426 e. The van der Waals surface area contributed by atoms with E-state index in [-0.39, 0.29) is 44.5 Å². The Morgan fingerprint density at radius 1 is 1.02 bits per heavy atom. The number of rotatable bonds is 5. The van der Waals surface area contributed by atoms with Gasteiger partial charge in [-0.25, -0.2) is 13.2 Å². The summed E-state index contributed by atoms with van der Waals surface area (Å²) < 4.78 is 85.6. The lowest BCUT2D eigenvalue weighted by atomic mass is 9.63. The molecule has 3 atom stereocenters. The molecular formula is C31H33F6NO3. The molecule has 1 amide bonds. The van der Waals surface area contributed by atoms with Gasteiger partial charge < -0.3 is 10.0 Å². The number of amides is 1. The van der Waals surface area contributed by atoms with Crippen LogP contribution in [0.25, 0.3) is 0 Å². The summed E-state index contributed by atoms with van der Waals surface area (Å²) in [5.74, 6) is -2.77. The Balaban J connectivity index is 1.53. The van der Waals surface area contributed by atoms with E-state index in [0.29, 0.717) is 42.9 Å². The van der Waals surface area contributed by atoms with E-state index in [1.54, 1.807) is 19.1 Å². The summed E-state index contributed by atoms with van der Waals surface area (Å²) in [6.07, 6.45) is -4.03. The van der Waals surface area contributed by atoms with Crippen LogP contribution in [0, 0.1) is 18.7 Å². The fourth-order valence-electron chi connectivity index (χ4n) is 7.24. The topological polar surface area (TPSA) is 57.6 Å². The number of hydrogen-bond acceptors (Lipinski definition) is 2. The SMILES string of the molecule is Cc1cc(CC23CCN(C(=O)[C@]4(F)CC[C@@H](C(=O)O)CC4)C2CCc2cc(C(C)(F)C(F)(F)F)ccc23)ccc1F. The second kappa shape index (κ2) is 10.1. The van der Waals surface area contributed by atoms with Crippen molar-refractivity contribution in [3.05, 3.63) is 70.0 Å². The molecule has 5 rings (SSSR count). The molecule has 2 aromatic rings. The van der Waals surface area contributed by atoms with Crippen LogP contribution in [0.5, 0.6) is 0 Å². The zero-order valence-electron chi connectivity index (χ0n) is 23.0. The van der Waals surface area contributed by atoms with Gasteiger partial charge in [-0.2, -0.15) is 13.2 Å². The predicted octanol–water partition coefficient (Wildman–Crippen LogP) is 6.89. The number of hydrogen-bond donors (Lipinski definition) is 1. The smallest absolute Gasteiger partial charge is 0.426 e. The fourth-order valence-corrected chi connectivity index (χ4v) is 7.24. The minimum Gasteiger partial charge on any atom is -0.481 e. The maximum absolute atomic E-state index is 16.1. The Bertz CT molecular complexity index is 1360. The predicted molar refractivity (Wildman–Crippen MR) is 139 cm³/mol. The molecule has 10 heteroatoms. The molecule has 1 saturated carbocycles. The third kappa shape index (κ3) is 4.91. The summed E-state index contributed by atoms with van der Waals surface area (Å²) in [6, 6.07) is 8.09. The molecule has 3 unspecified atom stereocenters. The van der Waals surface area contributed by atoms with Gasteiger partial charge >= 0.3 is 12.1 Å². The molecule has 41 heavy (non-hydrogen) atoms. The van der Waals surface area contributed by atoms with Crippen LogP contribution in [-0.2, 0) is 33.5 Å². The zero-order chi connectivity index (χ0) is 30.0. The van der Waals surface area contributed by atoms with Crippen molar-refractivity contribution in [2.24, 2.45) is 5.92 Å². The van der Waals surface area contributed by atoms with Crippen LogP contribution in [-0.4, -0.2) is 46.3 Å². The second-order valence-corrected chi connectivity index (χ2v) is 12.2. The number of likely N-dealkylation sites (tertiary alicyclic amines) is 1. The molecule has 0 spiro atoms. The first kappa shape index (κ1) is 29.5. The molecule has 2 aromatic carbocycles. The lowest BCUT2D eigenvalue weighted by Crippen LogP contribution is -2.55. The number of aryl methyl sites for hydroxylation is 2. The lowest BCUT2D eigenvalue weighted by Gasteiger charge is -2.45. The van der Waals surface area contributed by atoms with E-state index in [4.69, 9.17) is 0 Å². The highest BCUT2D eigenvalue weighted by Crippen LogP contribution is 2.52. The Morgan fingerprint density at radius 2 is 1.71 bits per heavy atom. The average Bonchev–Trinajstić information content (AvgIpc) is 3.28. The number of carboxylic acid groups (broad SMARTS) is 1. The molecule has 1 saturated heterocycles. The van der Waals surface area contributed by atoms with Gasteiger partial charge in [0.1, 0.15) is 5.82 Å². The highest BCUT2D eigenvalue weighted by atomic mass is 19.4. The third-order valence-corrected chi connectivity index (χ3v) is 9.73. The number of fused-ring (bicyclic) bond motifs is 3. The van der Waals surface area contributed by atoms with Gasteiger partial charge in [0.05, 0.1) is 5.92 Å². The fraction of sp³-hybridized carbons (Fsp3) is 0.548. The monoisotopic (exact) mass is 581 g/mol. The standard InChI is InChI=1S/C31H33F6NO3/c1-18-15-19(3-7-24(18)32)17-29-13-14-38(27(41)30(34)11-9-20(10-12-30)26(39)40)25(29)8-4-21-16-22(5-6-23(21)29)28(2,33)31(35,36)37/h3,5-7,15-16,20,25H,4,8-14,17H2,1-2H3,(H,39,40)/t20-,25?,28?,29?,30+. The summed E-state index contributed by atoms with van der Waals surface area (Å²) in [7, 11) is 0. The minimum absolute atomic E-state index is 0.0584. The van der Waals surface area contributed by atoms with E-state index >= 15 is 4.39 Å². The van der Waals surface area contributed by atoms with Crippen molar-refractivity contribution in [2.45, 2.75) is 94.2 Å². The van der Waals surface area contributed by atoms with Crippen molar-refractivity contribution in [3.8, 4) is 0 Å². The van der Waals surface area contributed by atoms with Gasteiger partial charge in [0.15, 0.2) is 5.67 Å². The first-order valence-electron chi connectivity index (χ1n) is 14.0. The average molecular weight is 582 g/mol. The Labute approximate surface area is 234 Å².